The predicted molar refractivity (Wildman–Crippen MR) is 146 cm³/mol. The molecule has 1 spiro atoms. The van der Waals surface area contributed by atoms with Gasteiger partial charge in [-0.05, 0) is 38.3 Å². The van der Waals surface area contributed by atoms with Gasteiger partial charge in [-0.15, -0.1) is 0 Å². The molecule has 1 aliphatic carbocycles. The van der Waals surface area contributed by atoms with Crippen molar-refractivity contribution in [2.24, 2.45) is 0 Å². The van der Waals surface area contributed by atoms with E-state index in [1.807, 2.05) is 30.6 Å². The standard InChI is InChI=1S/C28H38N8O/c1-20(2)35-14-12-34(13-15-35)18-21-6-9-24(29-16-21)32-27-30-17-22-7-8-23-26(37)31-19-28(10-4-3-5-11-28)36(23)25(22)33-27/h6-9,16-17,20,23H,3-5,10-15,18-19H2,1-2H3,(H,31,37)(H,29,30,32,33). The molecular formula is C28H38N8O. The first-order valence-corrected chi connectivity index (χ1v) is 13.8. The first-order chi connectivity index (χ1) is 18.0. The van der Waals surface area contributed by atoms with Gasteiger partial charge in [0.2, 0.25) is 11.9 Å². The van der Waals surface area contributed by atoms with Gasteiger partial charge in [0.25, 0.3) is 0 Å². The Kier molecular flexibility index (Phi) is 6.58. The first kappa shape index (κ1) is 24.3. The normalized spacial score (nSPS) is 23.6. The van der Waals surface area contributed by atoms with Crippen LogP contribution in [-0.2, 0) is 11.3 Å². The van der Waals surface area contributed by atoms with Crippen molar-refractivity contribution in [1.29, 1.82) is 0 Å². The first-order valence-electron chi connectivity index (χ1n) is 13.8. The molecule has 4 aliphatic rings. The molecule has 37 heavy (non-hydrogen) atoms. The molecule has 9 heteroatoms. The molecule has 1 unspecified atom stereocenters. The van der Waals surface area contributed by atoms with Crippen molar-refractivity contribution in [2.45, 2.75) is 70.1 Å². The van der Waals surface area contributed by atoms with Gasteiger partial charge in [0.1, 0.15) is 17.7 Å². The number of aromatic nitrogens is 3. The minimum atomic E-state index is -0.318. The van der Waals surface area contributed by atoms with E-state index in [9.17, 15) is 4.79 Å². The lowest BCUT2D eigenvalue weighted by atomic mass is 9.77. The number of carbonyl (C=O) groups is 1. The van der Waals surface area contributed by atoms with Crippen LogP contribution in [0.15, 0.2) is 30.6 Å². The Labute approximate surface area is 219 Å². The van der Waals surface area contributed by atoms with Gasteiger partial charge in [-0.25, -0.2) is 9.97 Å². The molecule has 2 saturated heterocycles. The van der Waals surface area contributed by atoms with Crippen molar-refractivity contribution >= 4 is 29.6 Å². The van der Waals surface area contributed by atoms with Crippen LogP contribution in [0.4, 0.5) is 17.6 Å². The van der Waals surface area contributed by atoms with E-state index in [1.165, 1.54) is 24.8 Å². The quantitative estimate of drug-likeness (QED) is 0.645. The maximum atomic E-state index is 12.8. The number of nitrogens with zero attached hydrogens (tertiary/aromatic N) is 6. The van der Waals surface area contributed by atoms with Crippen LogP contribution in [0.3, 0.4) is 0 Å². The number of hydrogen-bond acceptors (Lipinski definition) is 8. The second-order valence-corrected chi connectivity index (χ2v) is 11.2. The zero-order valence-corrected chi connectivity index (χ0v) is 22.0. The van der Waals surface area contributed by atoms with Crippen LogP contribution >= 0.6 is 0 Å². The van der Waals surface area contributed by atoms with Gasteiger partial charge >= 0.3 is 0 Å². The summed E-state index contributed by atoms with van der Waals surface area (Å²) in [4.78, 5) is 34.2. The van der Waals surface area contributed by atoms with Crippen molar-refractivity contribution < 1.29 is 4.79 Å². The molecule has 2 aromatic rings. The summed E-state index contributed by atoms with van der Waals surface area (Å²) in [6, 6.07) is 4.43. The fraction of sp³-hybridized carbons (Fsp3) is 0.571. The van der Waals surface area contributed by atoms with E-state index in [0.717, 1.165) is 62.8 Å². The fourth-order valence-corrected chi connectivity index (χ4v) is 6.36. The third-order valence-electron chi connectivity index (χ3n) is 8.52. The molecule has 2 aromatic heterocycles. The van der Waals surface area contributed by atoms with Gasteiger partial charge in [-0.1, -0.05) is 37.5 Å². The van der Waals surface area contributed by atoms with Crippen LogP contribution in [0.2, 0.25) is 0 Å². The summed E-state index contributed by atoms with van der Waals surface area (Å²) in [5, 5.41) is 6.46. The minimum absolute atomic E-state index is 0.0501. The lowest BCUT2D eigenvalue weighted by molar-refractivity contribution is -0.123. The lowest BCUT2D eigenvalue weighted by Gasteiger charge is -2.54. The Bertz CT molecular complexity index is 1150. The molecule has 6 rings (SSSR count). The summed E-state index contributed by atoms with van der Waals surface area (Å²) in [5.74, 6) is 2.13. The van der Waals surface area contributed by atoms with Crippen molar-refractivity contribution in [3.63, 3.8) is 0 Å². The Hall–Kier alpha value is -3.04. The molecular weight excluding hydrogens is 464 g/mol. The average Bonchev–Trinajstić information content (AvgIpc) is 2.92. The molecule has 1 saturated carbocycles. The number of pyridine rings is 1. The maximum absolute atomic E-state index is 12.8. The molecule has 5 heterocycles. The Balaban J connectivity index is 1.17. The van der Waals surface area contributed by atoms with Crippen molar-refractivity contribution in [1.82, 2.24) is 30.1 Å². The van der Waals surface area contributed by atoms with E-state index >= 15 is 0 Å². The monoisotopic (exact) mass is 502 g/mol. The zero-order valence-electron chi connectivity index (χ0n) is 22.0. The predicted octanol–water partition coefficient (Wildman–Crippen LogP) is 3.18. The van der Waals surface area contributed by atoms with E-state index in [-0.39, 0.29) is 17.5 Å². The Morgan fingerprint density at radius 2 is 1.89 bits per heavy atom. The highest BCUT2D eigenvalue weighted by Gasteiger charge is 2.49. The fourth-order valence-electron chi connectivity index (χ4n) is 6.36. The van der Waals surface area contributed by atoms with Gasteiger partial charge in [-0.3, -0.25) is 14.6 Å². The SMILES string of the molecule is CC(C)N1CCN(Cc2ccc(Nc3ncc4c(n3)N3C(C=C4)C(=O)NCC34CCCCC4)nc2)CC1. The van der Waals surface area contributed by atoms with Crippen LogP contribution in [-0.4, -0.2) is 81.0 Å². The number of nitrogens with one attached hydrogen (secondary N) is 2. The van der Waals surface area contributed by atoms with Gasteiger partial charge in [0.15, 0.2) is 0 Å². The minimum Gasteiger partial charge on any atom is -0.352 e. The third-order valence-corrected chi connectivity index (χ3v) is 8.52. The second kappa shape index (κ2) is 10.0. The van der Waals surface area contributed by atoms with Gasteiger partial charge in [-0.2, -0.15) is 4.98 Å². The second-order valence-electron chi connectivity index (χ2n) is 11.2. The van der Waals surface area contributed by atoms with Crippen LogP contribution in [0.1, 0.15) is 57.1 Å². The number of carbonyl (C=O) groups excluding carboxylic acids is 1. The summed E-state index contributed by atoms with van der Waals surface area (Å²) in [6.07, 6.45) is 13.5. The smallest absolute Gasteiger partial charge is 0.246 e. The number of amides is 1. The van der Waals surface area contributed by atoms with Crippen LogP contribution in [0.5, 0.6) is 0 Å². The average molecular weight is 503 g/mol. The van der Waals surface area contributed by atoms with Gasteiger partial charge in [0.05, 0.1) is 5.54 Å². The molecule has 2 N–H and O–H groups in total. The molecule has 0 radical (unpaired) electrons. The third kappa shape index (κ3) is 4.82. The van der Waals surface area contributed by atoms with E-state index in [4.69, 9.17) is 4.98 Å². The van der Waals surface area contributed by atoms with Crippen LogP contribution in [0.25, 0.3) is 6.08 Å². The number of piperazine rings is 2. The van der Waals surface area contributed by atoms with Crippen molar-refractivity contribution in [2.75, 3.05) is 42.9 Å². The molecule has 3 fully saturated rings. The number of rotatable bonds is 5. The Morgan fingerprint density at radius 3 is 2.62 bits per heavy atom. The van der Waals surface area contributed by atoms with Gasteiger partial charge in [0, 0.05) is 63.3 Å². The van der Waals surface area contributed by atoms with Crippen molar-refractivity contribution in [3.05, 3.63) is 41.7 Å². The summed E-state index contributed by atoms with van der Waals surface area (Å²) in [5.41, 5.74) is 2.09. The van der Waals surface area contributed by atoms with Crippen molar-refractivity contribution in [3.8, 4) is 0 Å². The van der Waals surface area contributed by atoms with Crippen LogP contribution in [0, 0.1) is 0 Å². The van der Waals surface area contributed by atoms with E-state index in [1.54, 1.807) is 0 Å². The summed E-state index contributed by atoms with van der Waals surface area (Å²) in [7, 11) is 0. The summed E-state index contributed by atoms with van der Waals surface area (Å²) >= 11 is 0. The maximum Gasteiger partial charge on any atom is 0.246 e. The van der Waals surface area contributed by atoms with Gasteiger partial charge < -0.3 is 15.5 Å². The molecule has 1 amide bonds. The highest BCUT2D eigenvalue weighted by Crippen LogP contribution is 2.42. The zero-order chi connectivity index (χ0) is 25.4. The largest absolute Gasteiger partial charge is 0.352 e. The number of hydrogen-bond donors (Lipinski definition) is 2. The molecule has 9 nitrogen and oxygen atoms in total. The Morgan fingerprint density at radius 1 is 1.08 bits per heavy atom. The summed E-state index contributed by atoms with van der Waals surface area (Å²) in [6.45, 7) is 10.6. The number of anilines is 3. The number of fused-ring (bicyclic) bond motifs is 4. The highest BCUT2D eigenvalue weighted by molar-refractivity contribution is 5.93. The molecule has 3 aliphatic heterocycles. The lowest BCUT2D eigenvalue weighted by Crippen LogP contribution is -2.69. The van der Waals surface area contributed by atoms with Crippen LogP contribution < -0.4 is 15.5 Å². The van der Waals surface area contributed by atoms with E-state index in [2.05, 4.69) is 55.2 Å². The molecule has 196 valence electrons. The molecule has 0 aromatic carbocycles. The molecule has 1 atom stereocenters. The highest BCUT2D eigenvalue weighted by atomic mass is 16.2. The van der Waals surface area contributed by atoms with E-state index in [0.29, 0.717) is 18.5 Å². The summed E-state index contributed by atoms with van der Waals surface area (Å²) < 4.78 is 0. The van der Waals surface area contributed by atoms with E-state index < -0.39 is 0 Å². The topological polar surface area (TPSA) is 89.5 Å². The molecule has 0 bridgehead atoms.